The van der Waals surface area contributed by atoms with Crippen LogP contribution in [-0.4, -0.2) is 41.9 Å². The zero-order valence-corrected chi connectivity index (χ0v) is 7.51. The van der Waals surface area contributed by atoms with Crippen LogP contribution in [0.25, 0.3) is 0 Å². The van der Waals surface area contributed by atoms with Gasteiger partial charge in [-0.2, -0.15) is 13.2 Å². The third-order valence-electron chi connectivity index (χ3n) is 2.41. The maximum absolute atomic E-state index is 11.9. The Balaban J connectivity index is 2.38. The number of likely N-dealkylation sites (tertiary alicyclic amines) is 1. The van der Waals surface area contributed by atoms with E-state index in [0.717, 1.165) is 0 Å². The molecule has 1 heterocycles. The minimum atomic E-state index is -4.15. The summed E-state index contributed by atoms with van der Waals surface area (Å²) in [7, 11) is 0. The van der Waals surface area contributed by atoms with Gasteiger partial charge in [0.1, 0.15) is 0 Å². The molecule has 1 saturated heterocycles. The normalized spacial score (nSPS) is 32.1. The number of halogens is 3. The highest BCUT2D eigenvalue weighted by Crippen LogP contribution is 2.22. The summed E-state index contributed by atoms with van der Waals surface area (Å²) in [5, 5.41) is 9.34. The minimum absolute atomic E-state index is 0.115. The molecular formula is C8H14F3NO. The highest BCUT2D eigenvalue weighted by Gasteiger charge is 2.34. The first kappa shape index (κ1) is 10.8. The highest BCUT2D eigenvalue weighted by atomic mass is 19.4. The van der Waals surface area contributed by atoms with Gasteiger partial charge < -0.3 is 5.11 Å². The second-order valence-electron chi connectivity index (χ2n) is 3.68. The Kier molecular flexibility index (Phi) is 3.18. The molecule has 5 heteroatoms. The Morgan fingerprint density at radius 2 is 2.08 bits per heavy atom. The van der Waals surface area contributed by atoms with Crippen molar-refractivity contribution in [2.75, 3.05) is 19.6 Å². The van der Waals surface area contributed by atoms with Crippen LogP contribution >= 0.6 is 0 Å². The lowest BCUT2D eigenvalue weighted by molar-refractivity contribution is -0.153. The summed E-state index contributed by atoms with van der Waals surface area (Å²) in [6, 6.07) is 0. The molecule has 0 aromatic carbocycles. The molecule has 1 N–H and O–H groups in total. The van der Waals surface area contributed by atoms with Crippen molar-refractivity contribution in [1.82, 2.24) is 4.90 Å². The molecule has 0 saturated carbocycles. The molecule has 0 aliphatic carbocycles. The molecule has 1 aliphatic heterocycles. The lowest BCUT2D eigenvalue weighted by Crippen LogP contribution is -2.46. The predicted octanol–water partition coefficient (Wildman–Crippen LogP) is 1.25. The smallest absolute Gasteiger partial charge is 0.392 e. The van der Waals surface area contributed by atoms with Crippen molar-refractivity contribution in [3.8, 4) is 0 Å². The lowest BCUT2D eigenvalue weighted by Gasteiger charge is -2.34. The number of aliphatic hydroxyl groups is 1. The van der Waals surface area contributed by atoms with E-state index in [-0.39, 0.29) is 12.5 Å². The zero-order valence-electron chi connectivity index (χ0n) is 7.51. The number of hydrogen-bond acceptors (Lipinski definition) is 2. The number of piperidine rings is 1. The molecule has 0 radical (unpaired) electrons. The number of alkyl halides is 3. The number of β-amino-alcohol motifs (C(OH)–C–C–N with tert-alkyl or cyclic N) is 1. The van der Waals surface area contributed by atoms with E-state index in [1.54, 1.807) is 0 Å². The summed E-state index contributed by atoms with van der Waals surface area (Å²) in [5.41, 5.74) is 0. The van der Waals surface area contributed by atoms with Crippen LogP contribution < -0.4 is 0 Å². The fraction of sp³-hybridized carbons (Fsp3) is 1.00. The van der Waals surface area contributed by atoms with Gasteiger partial charge in [-0.05, 0) is 18.9 Å². The summed E-state index contributed by atoms with van der Waals surface area (Å²) >= 11 is 0. The molecule has 13 heavy (non-hydrogen) atoms. The standard InChI is InChI=1S/C8H14F3NO/c1-6-2-3-12(4-7(6)13)5-8(9,10)11/h6-7,13H,2-5H2,1H3. The Labute approximate surface area is 75.3 Å². The topological polar surface area (TPSA) is 23.5 Å². The Hall–Kier alpha value is -0.290. The van der Waals surface area contributed by atoms with Crippen LogP contribution in [-0.2, 0) is 0 Å². The van der Waals surface area contributed by atoms with Crippen LogP contribution in [0.15, 0.2) is 0 Å². The molecule has 1 aliphatic rings. The molecule has 1 rings (SSSR count). The van der Waals surface area contributed by atoms with Gasteiger partial charge in [-0.1, -0.05) is 6.92 Å². The van der Waals surface area contributed by atoms with Gasteiger partial charge >= 0.3 is 6.18 Å². The average molecular weight is 197 g/mol. The van der Waals surface area contributed by atoms with E-state index in [1.165, 1.54) is 4.90 Å². The van der Waals surface area contributed by atoms with Crippen LogP contribution in [0.2, 0.25) is 0 Å². The van der Waals surface area contributed by atoms with Gasteiger partial charge in [0.05, 0.1) is 12.6 Å². The number of aliphatic hydroxyl groups excluding tert-OH is 1. The SMILES string of the molecule is CC1CCN(CC(F)(F)F)CC1O. The second-order valence-corrected chi connectivity index (χ2v) is 3.68. The average Bonchev–Trinajstić information content (AvgIpc) is 1.94. The van der Waals surface area contributed by atoms with Crippen molar-refractivity contribution in [2.45, 2.75) is 25.6 Å². The van der Waals surface area contributed by atoms with Crippen molar-refractivity contribution in [1.29, 1.82) is 0 Å². The largest absolute Gasteiger partial charge is 0.401 e. The van der Waals surface area contributed by atoms with Gasteiger partial charge in [0.2, 0.25) is 0 Å². The van der Waals surface area contributed by atoms with Crippen LogP contribution in [0.5, 0.6) is 0 Å². The van der Waals surface area contributed by atoms with Crippen molar-refractivity contribution >= 4 is 0 Å². The monoisotopic (exact) mass is 197 g/mol. The summed E-state index contributed by atoms with van der Waals surface area (Å²) in [6.07, 6.45) is -4.13. The van der Waals surface area contributed by atoms with Crippen molar-refractivity contribution in [3.63, 3.8) is 0 Å². The van der Waals surface area contributed by atoms with E-state index >= 15 is 0 Å². The van der Waals surface area contributed by atoms with E-state index in [1.807, 2.05) is 6.92 Å². The van der Waals surface area contributed by atoms with Crippen LogP contribution in [0.1, 0.15) is 13.3 Å². The molecule has 2 nitrogen and oxygen atoms in total. The van der Waals surface area contributed by atoms with E-state index in [2.05, 4.69) is 0 Å². The maximum Gasteiger partial charge on any atom is 0.401 e. The van der Waals surface area contributed by atoms with Crippen molar-refractivity contribution in [3.05, 3.63) is 0 Å². The Bertz CT molecular complexity index is 171. The summed E-state index contributed by atoms with van der Waals surface area (Å²) < 4.78 is 35.8. The van der Waals surface area contributed by atoms with Gasteiger partial charge in [0.25, 0.3) is 0 Å². The summed E-state index contributed by atoms with van der Waals surface area (Å²) in [5.74, 6) is 0.115. The Morgan fingerprint density at radius 1 is 1.46 bits per heavy atom. The molecule has 0 spiro atoms. The van der Waals surface area contributed by atoms with Crippen LogP contribution in [0, 0.1) is 5.92 Å². The van der Waals surface area contributed by atoms with E-state index in [4.69, 9.17) is 0 Å². The second kappa shape index (κ2) is 3.84. The van der Waals surface area contributed by atoms with Crippen molar-refractivity contribution in [2.24, 2.45) is 5.92 Å². The van der Waals surface area contributed by atoms with E-state index < -0.39 is 18.8 Å². The number of rotatable bonds is 1. The first-order valence-corrected chi connectivity index (χ1v) is 4.35. The van der Waals surface area contributed by atoms with Gasteiger partial charge in [-0.3, -0.25) is 4.90 Å². The minimum Gasteiger partial charge on any atom is -0.392 e. The molecule has 78 valence electrons. The molecule has 1 fully saturated rings. The molecule has 0 aromatic heterocycles. The quantitative estimate of drug-likeness (QED) is 0.684. The molecule has 0 bridgehead atoms. The summed E-state index contributed by atoms with van der Waals surface area (Å²) in [6.45, 7) is 1.52. The Morgan fingerprint density at radius 3 is 2.54 bits per heavy atom. The zero-order chi connectivity index (χ0) is 10.1. The lowest BCUT2D eigenvalue weighted by atomic mass is 9.96. The molecule has 0 aromatic rings. The van der Waals surface area contributed by atoms with Crippen LogP contribution in [0.3, 0.4) is 0 Å². The van der Waals surface area contributed by atoms with Gasteiger partial charge in [-0.15, -0.1) is 0 Å². The first-order chi connectivity index (χ1) is 5.88. The maximum atomic E-state index is 11.9. The molecule has 0 amide bonds. The van der Waals surface area contributed by atoms with Gasteiger partial charge in [-0.25, -0.2) is 0 Å². The molecular weight excluding hydrogens is 183 g/mol. The fourth-order valence-electron chi connectivity index (χ4n) is 1.51. The van der Waals surface area contributed by atoms with Gasteiger partial charge in [0.15, 0.2) is 0 Å². The number of hydrogen-bond donors (Lipinski definition) is 1. The van der Waals surface area contributed by atoms with Crippen LogP contribution in [0.4, 0.5) is 13.2 Å². The molecule has 2 unspecified atom stereocenters. The predicted molar refractivity (Wildman–Crippen MR) is 42.3 cm³/mol. The van der Waals surface area contributed by atoms with Crippen molar-refractivity contribution < 1.29 is 18.3 Å². The highest BCUT2D eigenvalue weighted by molar-refractivity contribution is 4.78. The first-order valence-electron chi connectivity index (χ1n) is 4.35. The fourth-order valence-corrected chi connectivity index (χ4v) is 1.51. The third kappa shape index (κ3) is 3.52. The van der Waals surface area contributed by atoms with Gasteiger partial charge in [0, 0.05) is 6.54 Å². The molecule has 2 atom stereocenters. The number of nitrogens with zero attached hydrogens (tertiary/aromatic N) is 1. The third-order valence-corrected chi connectivity index (χ3v) is 2.41. The summed E-state index contributed by atoms with van der Waals surface area (Å²) in [4.78, 5) is 1.25. The van der Waals surface area contributed by atoms with E-state index in [9.17, 15) is 18.3 Å². The van der Waals surface area contributed by atoms with E-state index in [0.29, 0.717) is 13.0 Å².